The smallest absolute Gasteiger partial charge is 0.293 e. The van der Waals surface area contributed by atoms with E-state index in [1.165, 1.54) is 0 Å². The molecule has 0 saturated heterocycles. The van der Waals surface area contributed by atoms with E-state index < -0.39 is 0 Å². The third-order valence-corrected chi connectivity index (χ3v) is 2.01. The maximum absolute atomic E-state index is 5.36. The number of para-hydroxylation sites is 1. The zero-order valence-corrected chi connectivity index (χ0v) is 7.13. The number of hydrogen-bond acceptors (Lipinski definition) is 3. The monoisotopic (exact) mass is 212 g/mol. The van der Waals surface area contributed by atoms with Crippen LogP contribution in [0.4, 0.5) is 6.01 Å². The fraction of sp³-hybridized carbons (Fsp3) is 0. The van der Waals surface area contributed by atoms with E-state index in [-0.39, 0.29) is 6.01 Å². The molecule has 56 valence electrons. The van der Waals surface area contributed by atoms with Gasteiger partial charge in [-0.2, -0.15) is 4.98 Å². The first-order valence-electron chi connectivity index (χ1n) is 3.08. The lowest BCUT2D eigenvalue weighted by atomic mass is 10.3. The zero-order chi connectivity index (χ0) is 7.84. The minimum Gasteiger partial charge on any atom is -0.422 e. The highest BCUT2D eigenvalue weighted by atomic mass is 79.9. The number of rotatable bonds is 0. The van der Waals surface area contributed by atoms with Gasteiger partial charge in [0, 0.05) is 0 Å². The number of nitrogens with zero attached hydrogens (tertiary/aromatic N) is 1. The van der Waals surface area contributed by atoms with Gasteiger partial charge in [-0.05, 0) is 28.1 Å². The molecule has 0 amide bonds. The Morgan fingerprint density at radius 2 is 2.27 bits per heavy atom. The van der Waals surface area contributed by atoms with Gasteiger partial charge in [-0.15, -0.1) is 0 Å². The van der Waals surface area contributed by atoms with Gasteiger partial charge in [-0.25, -0.2) is 0 Å². The second kappa shape index (κ2) is 2.23. The van der Waals surface area contributed by atoms with Gasteiger partial charge in [0.2, 0.25) is 0 Å². The molecule has 2 aromatic rings. The fourth-order valence-corrected chi connectivity index (χ4v) is 1.37. The van der Waals surface area contributed by atoms with Gasteiger partial charge >= 0.3 is 0 Å². The molecule has 0 spiro atoms. The van der Waals surface area contributed by atoms with E-state index in [0.717, 1.165) is 9.99 Å². The zero-order valence-electron chi connectivity index (χ0n) is 5.54. The molecule has 0 unspecified atom stereocenters. The molecule has 2 rings (SSSR count). The second-order valence-electron chi connectivity index (χ2n) is 2.14. The van der Waals surface area contributed by atoms with Crippen LogP contribution in [0.15, 0.2) is 27.1 Å². The molecule has 0 fully saturated rings. The van der Waals surface area contributed by atoms with Gasteiger partial charge in [0.25, 0.3) is 6.01 Å². The number of anilines is 1. The predicted molar refractivity (Wildman–Crippen MR) is 46.1 cm³/mol. The molecule has 1 aromatic carbocycles. The Morgan fingerprint density at radius 1 is 1.45 bits per heavy atom. The lowest BCUT2D eigenvalue weighted by Crippen LogP contribution is -1.80. The van der Waals surface area contributed by atoms with Crippen molar-refractivity contribution in [3.05, 3.63) is 22.7 Å². The summed E-state index contributed by atoms with van der Waals surface area (Å²) in [6, 6.07) is 5.81. The van der Waals surface area contributed by atoms with Crippen LogP contribution in [0, 0.1) is 0 Å². The molecule has 1 heterocycles. The quantitative estimate of drug-likeness (QED) is 0.729. The lowest BCUT2D eigenvalue weighted by Gasteiger charge is -1.87. The summed E-state index contributed by atoms with van der Waals surface area (Å²) in [4.78, 5) is 3.96. The van der Waals surface area contributed by atoms with Crippen LogP contribution in [0.5, 0.6) is 0 Å². The van der Waals surface area contributed by atoms with Gasteiger partial charge in [0.1, 0.15) is 5.52 Å². The number of aromatic nitrogens is 1. The van der Waals surface area contributed by atoms with Crippen molar-refractivity contribution < 1.29 is 4.42 Å². The predicted octanol–water partition coefficient (Wildman–Crippen LogP) is 2.17. The normalized spacial score (nSPS) is 10.6. The van der Waals surface area contributed by atoms with Crippen LogP contribution in [-0.4, -0.2) is 4.98 Å². The lowest BCUT2D eigenvalue weighted by molar-refractivity contribution is 0.624. The minimum atomic E-state index is 0.201. The molecule has 0 bridgehead atoms. The van der Waals surface area contributed by atoms with Crippen molar-refractivity contribution >= 4 is 33.0 Å². The van der Waals surface area contributed by atoms with Crippen LogP contribution >= 0.6 is 15.9 Å². The molecule has 0 saturated carbocycles. The van der Waals surface area contributed by atoms with Crippen molar-refractivity contribution in [2.24, 2.45) is 0 Å². The van der Waals surface area contributed by atoms with Gasteiger partial charge in [-0.1, -0.05) is 6.07 Å². The van der Waals surface area contributed by atoms with Crippen molar-refractivity contribution in [3.63, 3.8) is 0 Å². The molecule has 0 aliphatic heterocycles. The van der Waals surface area contributed by atoms with Crippen molar-refractivity contribution in [2.75, 3.05) is 5.73 Å². The first-order chi connectivity index (χ1) is 5.27. The van der Waals surface area contributed by atoms with Crippen LogP contribution < -0.4 is 5.73 Å². The summed E-state index contributed by atoms with van der Waals surface area (Å²) >= 11 is 3.32. The fourth-order valence-electron chi connectivity index (χ4n) is 0.933. The summed E-state index contributed by atoms with van der Waals surface area (Å²) < 4.78 is 5.99. The van der Waals surface area contributed by atoms with E-state index >= 15 is 0 Å². The topological polar surface area (TPSA) is 52.0 Å². The number of benzene rings is 1. The number of oxazole rings is 1. The summed E-state index contributed by atoms with van der Waals surface area (Å²) in [7, 11) is 0. The van der Waals surface area contributed by atoms with Crippen molar-refractivity contribution in [3.8, 4) is 0 Å². The van der Waals surface area contributed by atoms with Crippen molar-refractivity contribution in [1.29, 1.82) is 0 Å². The summed E-state index contributed by atoms with van der Waals surface area (Å²) in [5.41, 5.74) is 6.83. The molecule has 4 heteroatoms. The van der Waals surface area contributed by atoms with Gasteiger partial charge in [0.15, 0.2) is 5.58 Å². The van der Waals surface area contributed by atoms with Gasteiger partial charge in [-0.3, -0.25) is 0 Å². The maximum atomic E-state index is 5.36. The first kappa shape index (κ1) is 6.67. The Morgan fingerprint density at radius 3 is 3.00 bits per heavy atom. The Balaban J connectivity index is 2.90. The molecule has 0 atom stereocenters. The highest BCUT2D eigenvalue weighted by Gasteiger charge is 2.04. The van der Waals surface area contributed by atoms with Crippen LogP contribution in [-0.2, 0) is 0 Å². The highest BCUT2D eigenvalue weighted by molar-refractivity contribution is 9.10. The highest BCUT2D eigenvalue weighted by Crippen LogP contribution is 2.24. The molecule has 0 aliphatic carbocycles. The van der Waals surface area contributed by atoms with Crippen LogP contribution in [0.25, 0.3) is 11.1 Å². The summed E-state index contributed by atoms with van der Waals surface area (Å²) in [5, 5.41) is 0. The Labute approximate surface area is 71.3 Å². The van der Waals surface area contributed by atoms with E-state index in [1.807, 2.05) is 18.2 Å². The molecule has 11 heavy (non-hydrogen) atoms. The number of fused-ring (bicyclic) bond motifs is 1. The number of nitrogen functional groups attached to an aromatic ring is 1. The summed E-state index contributed by atoms with van der Waals surface area (Å²) in [6.45, 7) is 0. The number of halogens is 1. The van der Waals surface area contributed by atoms with Crippen LogP contribution in [0.2, 0.25) is 0 Å². The molecule has 2 N–H and O–H groups in total. The standard InChI is InChI=1S/C7H5BrN2O/c8-4-2-1-3-5-6(4)11-7(9)10-5/h1-3H,(H2,9,10). The third-order valence-electron chi connectivity index (χ3n) is 1.38. The summed E-state index contributed by atoms with van der Waals surface area (Å²) in [6.07, 6.45) is 0. The number of nitrogens with two attached hydrogens (primary N) is 1. The Bertz CT molecular complexity index is 396. The Hall–Kier alpha value is -1.03. The van der Waals surface area contributed by atoms with Crippen molar-refractivity contribution in [1.82, 2.24) is 4.98 Å². The third kappa shape index (κ3) is 0.991. The second-order valence-corrected chi connectivity index (χ2v) is 2.99. The Kier molecular flexibility index (Phi) is 1.35. The number of hydrogen-bond donors (Lipinski definition) is 1. The van der Waals surface area contributed by atoms with E-state index in [1.54, 1.807) is 0 Å². The summed E-state index contributed by atoms with van der Waals surface area (Å²) in [5.74, 6) is 0. The molecular weight excluding hydrogens is 208 g/mol. The van der Waals surface area contributed by atoms with Crippen LogP contribution in [0.1, 0.15) is 0 Å². The SMILES string of the molecule is Nc1nc2cccc(Br)c2o1. The largest absolute Gasteiger partial charge is 0.422 e. The average Bonchev–Trinajstić information content (AvgIpc) is 2.31. The molecule has 3 nitrogen and oxygen atoms in total. The average molecular weight is 213 g/mol. The molecule has 1 aromatic heterocycles. The molecule has 0 aliphatic rings. The molecular formula is C7H5BrN2O. The van der Waals surface area contributed by atoms with E-state index in [2.05, 4.69) is 20.9 Å². The van der Waals surface area contributed by atoms with Gasteiger partial charge < -0.3 is 10.2 Å². The van der Waals surface area contributed by atoms with E-state index in [9.17, 15) is 0 Å². The molecule has 0 radical (unpaired) electrons. The maximum Gasteiger partial charge on any atom is 0.293 e. The minimum absolute atomic E-state index is 0.201. The van der Waals surface area contributed by atoms with Crippen molar-refractivity contribution in [2.45, 2.75) is 0 Å². The van der Waals surface area contributed by atoms with E-state index in [4.69, 9.17) is 10.2 Å². The van der Waals surface area contributed by atoms with Crippen LogP contribution in [0.3, 0.4) is 0 Å². The van der Waals surface area contributed by atoms with E-state index in [0.29, 0.717) is 5.58 Å². The first-order valence-corrected chi connectivity index (χ1v) is 3.87. The van der Waals surface area contributed by atoms with Gasteiger partial charge in [0.05, 0.1) is 4.47 Å².